The van der Waals surface area contributed by atoms with Gasteiger partial charge in [0.2, 0.25) is 5.91 Å². The average Bonchev–Trinajstić information content (AvgIpc) is 3.71. The van der Waals surface area contributed by atoms with Crippen LogP contribution in [-0.2, 0) is 11.2 Å². The minimum Gasteiger partial charge on any atom is -0.341 e. The molecule has 40 heavy (non-hydrogen) atoms. The number of aryl methyl sites for hydroxylation is 1. The van der Waals surface area contributed by atoms with Gasteiger partial charge in [-0.15, -0.1) is 11.3 Å². The molecule has 6 rings (SSSR count). The zero-order valence-corrected chi connectivity index (χ0v) is 24.3. The standard InChI is InChI=1S/C31H37FN6OS/c1-4-26-30(35(3)31-34-27(20-40-31)23-5-8-25(32)9-6-23)38-18-24(7-10-28(38)33-26)22-12-14-36(15-13-22)19-29(39)37-16-11-21(2)17-37/h5-10,18,20-22H,4,11-17,19H2,1-3H3/t21-/m1/s1. The van der Waals surface area contributed by atoms with Crippen molar-refractivity contribution in [2.75, 3.05) is 44.7 Å². The molecule has 2 aliphatic heterocycles. The molecule has 1 atom stereocenters. The number of piperidine rings is 1. The lowest BCUT2D eigenvalue weighted by Gasteiger charge is -2.32. The molecule has 4 aromatic rings. The van der Waals surface area contributed by atoms with E-state index in [1.807, 2.05) is 17.3 Å². The van der Waals surface area contributed by atoms with E-state index >= 15 is 0 Å². The normalized spacial score (nSPS) is 18.6. The zero-order valence-electron chi connectivity index (χ0n) is 23.5. The number of likely N-dealkylation sites (tertiary alicyclic amines) is 2. The van der Waals surface area contributed by atoms with Crippen molar-refractivity contribution in [1.29, 1.82) is 0 Å². The highest BCUT2D eigenvalue weighted by atomic mass is 32.1. The summed E-state index contributed by atoms with van der Waals surface area (Å²) in [6.07, 6.45) is 6.28. The predicted octanol–water partition coefficient (Wildman–Crippen LogP) is 5.98. The molecule has 9 heteroatoms. The molecule has 0 spiro atoms. The fraction of sp³-hybridized carbons (Fsp3) is 0.452. The third kappa shape index (κ3) is 5.37. The molecule has 1 aromatic carbocycles. The van der Waals surface area contributed by atoms with Crippen molar-refractivity contribution >= 4 is 33.8 Å². The van der Waals surface area contributed by atoms with Crippen molar-refractivity contribution in [2.24, 2.45) is 5.92 Å². The Morgan fingerprint density at radius 1 is 1.07 bits per heavy atom. The fourth-order valence-corrected chi connectivity index (χ4v) is 6.87. The molecule has 0 saturated carbocycles. The molecule has 210 valence electrons. The summed E-state index contributed by atoms with van der Waals surface area (Å²) < 4.78 is 15.6. The van der Waals surface area contributed by atoms with Gasteiger partial charge in [-0.25, -0.2) is 14.4 Å². The number of halogens is 1. The molecule has 0 bridgehead atoms. The van der Waals surface area contributed by atoms with Gasteiger partial charge < -0.3 is 9.80 Å². The Balaban J connectivity index is 1.19. The number of anilines is 2. The van der Waals surface area contributed by atoms with Gasteiger partial charge in [0.25, 0.3) is 0 Å². The quantitative estimate of drug-likeness (QED) is 0.279. The van der Waals surface area contributed by atoms with E-state index in [0.717, 1.165) is 85.4 Å². The Morgan fingerprint density at radius 3 is 2.55 bits per heavy atom. The number of hydrogen-bond acceptors (Lipinski definition) is 6. The van der Waals surface area contributed by atoms with Crippen molar-refractivity contribution in [3.63, 3.8) is 0 Å². The minimum absolute atomic E-state index is 0.249. The Labute approximate surface area is 239 Å². The van der Waals surface area contributed by atoms with Crippen LogP contribution in [0.25, 0.3) is 16.9 Å². The summed E-state index contributed by atoms with van der Waals surface area (Å²) in [5.41, 5.74) is 5.01. The van der Waals surface area contributed by atoms with Gasteiger partial charge in [-0.3, -0.25) is 14.1 Å². The molecule has 0 N–H and O–H groups in total. The van der Waals surface area contributed by atoms with Crippen molar-refractivity contribution in [2.45, 2.75) is 45.4 Å². The predicted molar refractivity (Wildman–Crippen MR) is 159 cm³/mol. The molecular formula is C31H37FN6OS. The van der Waals surface area contributed by atoms with Crippen LogP contribution in [0, 0.1) is 11.7 Å². The minimum atomic E-state index is -0.249. The van der Waals surface area contributed by atoms with E-state index in [2.05, 4.69) is 46.4 Å². The Morgan fingerprint density at radius 2 is 1.85 bits per heavy atom. The molecule has 3 aromatic heterocycles. The van der Waals surface area contributed by atoms with Crippen LogP contribution >= 0.6 is 11.3 Å². The fourth-order valence-electron chi connectivity index (χ4n) is 6.07. The average molecular weight is 561 g/mol. The third-order valence-electron chi connectivity index (χ3n) is 8.45. The number of nitrogens with zero attached hydrogens (tertiary/aromatic N) is 6. The molecule has 5 heterocycles. The number of benzene rings is 1. The van der Waals surface area contributed by atoms with Gasteiger partial charge in [-0.05, 0) is 86.5 Å². The zero-order chi connectivity index (χ0) is 27.8. The monoisotopic (exact) mass is 560 g/mol. The number of fused-ring (bicyclic) bond motifs is 1. The Bertz CT molecular complexity index is 1490. The number of pyridine rings is 1. The molecule has 7 nitrogen and oxygen atoms in total. The smallest absolute Gasteiger partial charge is 0.236 e. The molecule has 0 aliphatic carbocycles. The van der Waals surface area contributed by atoms with Crippen LogP contribution in [0.5, 0.6) is 0 Å². The number of imidazole rings is 1. The number of rotatable bonds is 7. The Kier molecular flexibility index (Phi) is 7.59. The lowest BCUT2D eigenvalue weighted by atomic mass is 9.90. The van der Waals surface area contributed by atoms with Gasteiger partial charge >= 0.3 is 0 Å². The summed E-state index contributed by atoms with van der Waals surface area (Å²) in [5.74, 6) is 2.14. The van der Waals surface area contributed by atoms with E-state index in [1.165, 1.54) is 17.7 Å². The van der Waals surface area contributed by atoms with Gasteiger partial charge in [0, 0.05) is 37.3 Å². The molecular weight excluding hydrogens is 523 g/mol. The summed E-state index contributed by atoms with van der Waals surface area (Å²) in [4.78, 5) is 29.0. The first-order valence-electron chi connectivity index (χ1n) is 14.4. The number of hydrogen-bond donors (Lipinski definition) is 0. The van der Waals surface area contributed by atoms with Crippen LogP contribution in [0.3, 0.4) is 0 Å². The largest absolute Gasteiger partial charge is 0.341 e. The number of carbonyl (C=O) groups is 1. The topological polar surface area (TPSA) is 57.0 Å². The van der Waals surface area contributed by atoms with Crippen LogP contribution in [0.4, 0.5) is 15.3 Å². The molecule has 2 fully saturated rings. The van der Waals surface area contributed by atoms with E-state index in [-0.39, 0.29) is 11.7 Å². The van der Waals surface area contributed by atoms with E-state index in [4.69, 9.17) is 9.97 Å². The maximum Gasteiger partial charge on any atom is 0.236 e. The number of amides is 1. The molecule has 2 aliphatic rings. The van der Waals surface area contributed by atoms with E-state index in [0.29, 0.717) is 18.4 Å². The van der Waals surface area contributed by atoms with Crippen molar-refractivity contribution < 1.29 is 9.18 Å². The first-order valence-corrected chi connectivity index (χ1v) is 15.2. The van der Waals surface area contributed by atoms with Crippen molar-refractivity contribution in [3.8, 4) is 11.3 Å². The molecule has 0 unspecified atom stereocenters. The van der Waals surface area contributed by atoms with Crippen LogP contribution in [0.15, 0.2) is 48.0 Å². The highest BCUT2D eigenvalue weighted by Gasteiger charge is 2.28. The number of aromatic nitrogens is 3. The summed E-state index contributed by atoms with van der Waals surface area (Å²) >= 11 is 1.57. The van der Waals surface area contributed by atoms with E-state index in [1.54, 1.807) is 23.5 Å². The third-order valence-corrected chi connectivity index (χ3v) is 9.37. The first-order chi connectivity index (χ1) is 19.4. The van der Waals surface area contributed by atoms with Gasteiger partial charge in [-0.1, -0.05) is 19.9 Å². The lowest BCUT2D eigenvalue weighted by Crippen LogP contribution is -2.42. The van der Waals surface area contributed by atoms with Crippen LogP contribution in [-0.4, -0.2) is 69.8 Å². The number of carbonyl (C=O) groups excluding carboxylic acids is 1. The highest BCUT2D eigenvalue weighted by Crippen LogP contribution is 2.35. The first kappa shape index (κ1) is 26.9. The maximum atomic E-state index is 13.4. The van der Waals surface area contributed by atoms with Crippen LogP contribution in [0.2, 0.25) is 0 Å². The number of thiazole rings is 1. The van der Waals surface area contributed by atoms with Gasteiger partial charge in [0.1, 0.15) is 17.3 Å². The summed E-state index contributed by atoms with van der Waals surface area (Å²) in [7, 11) is 2.04. The SMILES string of the molecule is CCc1nc2ccc(C3CCN(CC(=O)N4CC[C@@H](C)C4)CC3)cn2c1N(C)c1nc(-c2ccc(F)cc2)cs1. The summed E-state index contributed by atoms with van der Waals surface area (Å²) in [6.45, 7) is 8.61. The van der Waals surface area contributed by atoms with E-state index in [9.17, 15) is 9.18 Å². The van der Waals surface area contributed by atoms with Crippen molar-refractivity contribution in [3.05, 3.63) is 65.0 Å². The van der Waals surface area contributed by atoms with Crippen LogP contribution in [0.1, 0.15) is 50.3 Å². The second-order valence-corrected chi connectivity index (χ2v) is 12.1. The van der Waals surface area contributed by atoms with Crippen molar-refractivity contribution in [1.82, 2.24) is 24.2 Å². The second-order valence-electron chi connectivity index (χ2n) is 11.3. The lowest BCUT2D eigenvalue weighted by molar-refractivity contribution is -0.131. The summed E-state index contributed by atoms with van der Waals surface area (Å²) in [6, 6.07) is 10.8. The highest BCUT2D eigenvalue weighted by molar-refractivity contribution is 7.14. The van der Waals surface area contributed by atoms with Gasteiger partial charge in [0.15, 0.2) is 5.13 Å². The summed E-state index contributed by atoms with van der Waals surface area (Å²) in [5, 5.41) is 2.88. The molecule has 0 radical (unpaired) electrons. The van der Waals surface area contributed by atoms with Crippen LogP contribution < -0.4 is 4.90 Å². The Hall–Kier alpha value is -3.30. The van der Waals surface area contributed by atoms with Gasteiger partial charge in [-0.2, -0.15) is 0 Å². The van der Waals surface area contributed by atoms with E-state index < -0.39 is 0 Å². The maximum absolute atomic E-state index is 13.4. The molecule has 1 amide bonds. The molecule has 2 saturated heterocycles. The van der Waals surface area contributed by atoms with Gasteiger partial charge in [0.05, 0.1) is 17.9 Å². The second kappa shape index (κ2) is 11.3.